The van der Waals surface area contributed by atoms with Crippen LogP contribution < -0.4 is 16.6 Å². The maximum atomic E-state index is 12.2. The first-order valence-corrected chi connectivity index (χ1v) is 7.04. The van der Waals surface area contributed by atoms with Gasteiger partial charge in [0.25, 0.3) is 11.6 Å². The Morgan fingerprint density at radius 1 is 1.48 bits per heavy atom. The van der Waals surface area contributed by atoms with Crippen LogP contribution in [0.1, 0.15) is 36.5 Å². The van der Waals surface area contributed by atoms with Crippen LogP contribution in [0.3, 0.4) is 0 Å². The third-order valence-electron chi connectivity index (χ3n) is 3.97. The predicted molar refractivity (Wildman–Crippen MR) is 79.7 cm³/mol. The van der Waals surface area contributed by atoms with E-state index in [0.29, 0.717) is 24.1 Å². The molecule has 2 rings (SSSR count). The second-order valence-corrected chi connectivity index (χ2v) is 5.63. The van der Waals surface area contributed by atoms with Crippen LogP contribution in [0.15, 0.2) is 18.2 Å². The Labute approximate surface area is 123 Å². The molecule has 1 amide bonds. The van der Waals surface area contributed by atoms with Gasteiger partial charge in [-0.3, -0.25) is 20.8 Å². The van der Waals surface area contributed by atoms with Crippen molar-refractivity contribution in [2.45, 2.75) is 26.2 Å². The molecule has 1 saturated carbocycles. The molecule has 0 heterocycles. The molecule has 4 N–H and O–H groups in total. The molecule has 1 aliphatic carbocycles. The second kappa shape index (κ2) is 6.53. The monoisotopic (exact) mass is 292 g/mol. The van der Waals surface area contributed by atoms with Crippen molar-refractivity contribution < 1.29 is 9.72 Å². The number of hydrogen-bond acceptors (Lipinski definition) is 5. The zero-order valence-electron chi connectivity index (χ0n) is 12.0. The number of nitrogens with zero attached hydrogens (tertiary/aromatic N) is 1. The number of carbonyl (C=O) groups is 1. The Morgan fingerprint density at radius 2 is 2.24 bits per heavy atom. The molecule has 21 heavy (non-hydrogen) atoms. The standard InChI is InChI=1S/C14H20N4O3/c1-9-2-3-10(6-9)8-16-14(19)12-7-11(18(20)21)4-5-13(12)17-15/h4-5,7,9-10,17H,2-3,6,8,15H2,1H3,(H,16,19). The fraction of sp³-hybridized carbons (Fsp3) is 0.500. The first-order chi connectivity index (χ1) is 10.0. The zero-order chi connectivity index (χ0) is 15.4. The van der Waals surface area contributed by atoms with Gasteiger partial charge in [-0.05, 0) is 30.7 Å². The van der Waals surface area contributed by atoms with Crippen LogP contribution in [0.2, 0.25) is 0 Å². The van der Waals surface area contributed by atoms with E-state index in [4.69, 9.17) is 5.84 Å². The van der Waals surface area contributed by atoms with E-state index in [9.17, 15) is 14.9 Å². The first-order valence-electron chi connectivity index (χ1n) is 7.04. The normalized spacial score (nSPS) is 21.0. The highest BCUT2D eigenvalue weighted by atomic mass is 16.6. The summed E-state index contributed by atoms with van der Waals surface area (Å²) in [5, 5.41) is 13.6. The van der Waals surface area contributed by atoms with Gasteiger partial charge in [0.05, 0.1) is 16.2 Å². The number of nitrogens with one attached hydrogen (secondary N) is 2. The average Bonchev–Trinajstić information content (AvgIpc) is 2.89. The number of nitro benzene ring substituents is 1. The third kappa shape index (κ3) is 3.69. The van der Waals surface area contributed by atoms with E-state index in [1.165, 1.54) is 24.6 Å². The van der Waals surface area contributed by atoms with Crippen molar-refractivity contribution in [1.29, 1.82) is 0 Å². The highest BCUT2D eigenvalue weighted by molar-refractivity contribution is 6.00. The van der Waals surface area contributed by atoms with Crippen LogP contribution in [0.4, 0.5) is 11.4 Å². The van der Waals surface area contributed by atoms with Crippen LogP contribution in [-0.4, -0.2) is 17.4 Å². The highest BCUT2D eigenvalue weighted by Gasteiger charge is 2.23. The quantitative estimate of drug-likeness (QED) is 0.437. The van der Waals surface area contributed by atoms with Crippen LogP contribution in [-0.2, 0) is 0 Å². The molecule has 0 spiro atoms. The molecule has 1 aromatic rings. The number of hydrazine groups is 1. The Balaban J connectivity index is 2.06. The molecule has 114 valence electrons. The van der Waals surface area contributed by atoms with Gasteiger partial charge in [0, 0.05) is 18.7 Å². The molecule has 0 saturated heterocycles. The van der Waals surface area contributed by atoms with Crippen LogP contribution >= 0.6 is 0 Å². The van der Waals surface area contributed by atoms with E-state index in [1.807, 2.05) is 0 Å². The molecule has 2 unspecified atom stereocenters. The number of rotatable bonds is 5. The van der Waals surface area contributed by atoms with Gasteiger partial charge in [-0.15, -0.1) is 0 Å². The minimum absolute atomic E-state index is 0.131. The minimum atomic E-state index is -0.532. The summed E-state index contributed by atoms with van der Waals surface area (Å²) in [6.07, 6.45) is 3.41. The lowest BCUT2D eigenvalue weighted by molar-refractivity contribution is -0.384. The van der Waals surface area contributed by atoms with Crippen LogP contribution in [0.5, 0.6) is 0 Å². The topological polar surface area (TPSA) is 110 Å². The molecule has 2 atom stereocenters. The summed E-state index contributed by atoms with van der Waals surface area (Å²) >= 11 is 0. The first kappa shape index (κ1) is 15.2. The lowest BCUT2D eigenvalue weighted by Crippen LogP contribution is -2.29. The van der Waals surface area contributed by atoms with Crippen molar-refractivity contribution in [3.05, 3.63) is 33.9 Å². The van der Waals surface area contributed by atoms with Gasteiger partial charge in [-0.1, -0.05) is 13.3 Å². The number of nitrogens with two attached hydrogens (primary N) is 1. The van der Waals surface area contributed by atoms with Crippen LogP contribution in [0, 0.1) is 22.0 Å². The van der Waals surface area contributed by atoms with Gasteiger partial charge in [0.15, 0.2) is 0 Å². The molecule has 0 aromatic heterocycles. The number of amides is 1. The van der Waals surface area contributed by atoms with E-state index in [1.54, 1.807) is 0 Å². The minimum Gasteiger partial charge on any atom is -0.352 e. The van der Waals surface area contributed by atoms with E-state index in [0.717, 1.165) is 12.8 Å². The predicted octanol–water partition coefficient (Wildman–Crippen LogP) is 2.05. The highest BCUT2D eigenvalue weighted by Crippen LogP contribution is 2.29. The van der Waals surface area contributed by atoms with Crippen LogP contribution in [0.25, 0.3) is 0 Å². The number of carbonyl (C=O) groups excluding carboxylic acids is 1. The summed E-state index contributed by atoms with van der Waals surface area (Å²) in [4.78, 5) is 22.5. The van der Waals surface area contributed by atoms with Crippen molar-refractivity contribution >= 4 is 17.3 Å². The van der Waals surface area contributed by atoms with Crippen molar-refractivity contribution in [3.8, 4) is 0 Å². The molecule has 1 aromatic carbocycles. The van der Waals surface area contributed by atoms with E-state index in [2.05, 4.69) is 17.7 Å². The number of nitrogen functional groups attached to an aromatic ring is 1. The summed E-state index contributed by atoms with van der Waals surface area (Å²) in [5.74, 6) is 6.19. The molecule has 1 aliphatic rings. The molecular formula is C14H20N4O3. The van der Waals surface area contributed by atoms with Crippen molar-refractivity contribution in [3.63, 3.8) is 0 Å². The van der Waals surface area contributed by atoms with E-state index >= 15 is 0 Å². The summed E-state index contributed by atoms with van der Waals surface area (Å²) in [7, 11) is 0. The molecule has 1 fully saturated rings. The Kier molecular flexibility index (Phi) is 4.74. The number of nitro groups is 1. The molecule has 0 bridgehead atoms. The van der Waals surface area contributed by atoms with Gasteiger partial charge < -0.3 is 10.7 Å². The number of benzene rings is 1. The van der Waals surface area contributed by atoms with Crippen molar-refractivity contribution in [2.24, 2.45) is 17.7 Å². The largest absolute Gasteiger partial charge is 0.352 e. The molecule has 0 radical (unpaired) electrons. The van der Waals surface area contributed by atoms with Crippen molar-refractivity contribution in [1.82, 2.24) is 5.32 Å². The lowest BCUT2D eigenvalue weighted by atomic mass is 10.1. The molecule has 7 heteroatoms. The Hall–Kier alpha value is -2.15. The lowest BCUT2D eigenvalue weighted by Gasteiger charge is -2.13. The van der Waals surface area contributed by atoms with Gasteiger partial charge in [-0.2, -0.15) is 0 Å². The number of non-ortho nitro benzene ring substituents is 1. The molecular weight excluding hydrogens is 272 g/mol. The molecule has 0 aliphatic heterocycles. The maximum Gasteiger partial charge on any atom is 0.270 e. The third-order valence-corrected chi connectivity index (χ3v) is 3.97. The number of hydrogen-bond donors (Lipinski definition) is 3. The maximum absolute atomic E-state index is 12.2. The van der Waals surface area contributed by atoms with Gasteiger partial charge in [0.1, 0.15) is 0 Å². The van der Waals surface area contributed by atoms with Gasteiger partial charge >= 0.3 is 0 Å². The van der Waals surface area contributed by atoms with E-state index in [-0.39, 0.29) is 17.2 Å². The van der Waals surface area contributed by atoms with E-state index < -0.39 is 4.92 Å². The average molecular weight is 292 g/mol. The zero-order valence-corrected chi connectivity index (χ0v) is 12.0. The SMILES string of the molecule is CC1CCC(CNC(=O)c2cc([N+](=O)[O-])ccc2NN)C1. The second-order valence-electron chi connectivity index (χ2n) is 5.63. The smallest absolute Gasteiger partial charge is 0.270 e. The Bertz CT molecular complexity index is 547. The van der Waals surface area contributed by atoms with Gasteiger partial charge in [-0.25, -0.2) is 0 Å². The summed E-state index contributed by atoms with van der Waals surface area (Å²) < 4.78 is 0. The summed E-state index contributed by atoms with van der Waals surface area (Å²) in [6, 6.07) is 3.98. The van der Waals surface area contributed by atoms with Gasteiger partial charge in [0.2, 0.25) is 0 Å². The molecule has 7 nitrogen and oxygen atoms in total. The fourth-order valence-corrected chi connectivity index (χ4v) is 2.80. The number of anilines is 1. The Morgan fingerprint density at radius 3 is 2.81 bits per heavy atom. The van der Waals surface area contributed by atoms with Crippen molar-refractivity contribution in [2.75, 3.05) is 12.0 Å². The summed E-state index contributed by atoms with van der Waals surface area (Å²) in [5.41, 5.74) is 2.83. The summed E-state index contributed by atoms with van der Waals surface area (Å²) in [6.45, 7) is 2.80. The fourth-order valence-electron chi connectivity index (χ4n) is 2.80.